The van der Waals surface area contributed by atoms with Crippen LogP contribution in [0.4, 0.5) is 0 Å². The molecular formula is C22H32O7. The van der Waals surface area contributed by atoms with Crippen molar-refractivity contribution in [3.8, 4) is 0 Å². The number of carbonyl (C=O) groups excluding carboxylic acids is 2. The van der Waals surface area contributed by atoms with E-state index in [1.54, 1.807) is 19.9 Å². The number of fused-ring (bicyclic) bond motifs is 5. The van der Waals surface area contributed by atoms with E-state index in [4.69, 9.17) is 4.74 Å². The highest BCUT2D eigenvalue weighted by molar-refractivity contribution is 5.92. The molecule has 0 spiro atoms. The highest BCUT2D eigenvalue weighted by atomic mass is 16.6. The third kappa shape index (κ3) is 2.22. The lowest BCUT2D eigenvalue weighted by Gasteiger charge is -2.52. The maximum absolute atomic E-state index is 12.9. The highest BCUT2D eigenvalue weighted by Crippen LogP contribution is 2.76. The molecule has 0 heterocycles. The molecule has 29 heavy (non-hydrogen) atoms. The summed E-state index contributed by atoms with van der Waals surface area (Å²) in [5, 5.41) is 44.8. The minimum Gasteiger partial charge on any atom is -0.456 e. The minimum absolute atomic E-state index is 0.0350. The fourth-order valence-electron chi connectivity index (χ4n) is 7.35. The average molecular weight is 408 g/mol. The number of aliphatic hydroxyl groups excluding tert-OH is 2. The van der Waals surface area contributed by atoms with Gasteiger partial charge >= 0.3 is 5.97 Å². The van der Waals surface area contributed by atoms with Crippen LogP contribution >= 0.6 is 0 Å². The van der Waals surface area contributed by atoms with Crippen molar-refractivity contribution in [1.29, 1.82) is 0 Å². The molecule has 4 rings (SSSR count). The van der Waals surface area contributed by atoms with Gasteiger partial charge in [0.15, 0.2) is 5.78 Å². The van der Waals surface area contributed by atoms with E-state index in [9.17, 15) is 30.0 Å². The number of Topliss-reactive ketones (excluding diaryl/α,β-unsaturated/α-hetero) is 1. The second kappa shape index (κ2) is 5.90. The molecular weight excluding hydrogens is 376 g/mol. The summed E-state index contributed by atoms with van der Waals surface area (Å²) in [4.78, 5) is 24.8. The maximum Gasteiger partial charge on any atom is 0.303 e. The van der Waals surface area contributed by atoms with Crippen LogP contribution in [0.2, 0.25) is 0 Å². The van der Waals surface area contributed by atoms with Crippen LogP contribution in [0.5, 0.6) is 0 Å². The zero-order valence-electron chi connectivity index (χ0n) is 17.7. The van der Waals surface area contributed by atoms with Crippen LogP contribution in [0.15, 0.2) is 11.6 Å². The van der Waals surface area contributed by atoms with Crippen molar-refractivity contribution in [2.45, 2.75) is 70.4 Å². The van der Waals surface area contributed by atoms with E-state index in [0.29, 0.717) is 12.0 Å². The zero-order chi connectivity index (χ0) is 21.7. The fourth-order valence-corrected chi connectivity index (χ4v) is 7.35. The molecule has 4 aliphatic rings. The van der Waals surface area contributed by atoms with Gasteiger partial charge in [-0.25, -0.2) is 0 Å². The van der Waals surface area contributed by atoms with E-state index in [2.05, 4.69) is 0 Å². The molecule has 4 N–H and O–H groups in total. The number of aliphatic hydroxyl groups is 4. The number of ether oxygens (including phenoxy) is 1. The lowest BCUT2D eigenvalue weighted by molar-refractivity contribution is -0.224. The number of hydrogen-bond donors (Lipinski definition) is 4. The topological polar surface area (TPSA) is 124 Å². The molecule has 3 fully saturated rings. The molecule has 0 bridgehead atoms. The van der Waals surface area contributed by atoms with Gasteiger partial charge in [-0.1, -0.05) is 33.8 Å². The molecule has 7 heteroatoms. The van der Waals surface area contributed by atoms with Crippen LogP contribution in [0.25, 0.3) is 0 Å². The molecule has 0 aromatic rings. The molecule has 4 aliphatic carbocycles. The molecule has 0 aliphatic heterocycles. The highest BCUT2D eigenvalue weighted by Gasteiger charge is 2.86. The third-order valence-corrected chi connectivity index (χ3v) is 8.72. The molecule has 0 saturated heterocycles. The Labute approximate surface area is 170 Å². The lowest BCUT2D eigenvalue weighted by Crippen LogP contribution is -2.65. The maximum atomic E-state index is 12.9. The summed E-state index contributed by atoms with van der Waals surface area (Å²) in [5.41, 5.74) is -4.64. The second-order valence-corrected chi connectivity index (χ2v) is 10.4. The van der Waals surface area contributed by atoms with Gasteiger partial charge < -0.3 is 25.2 Å². The van der Waals surface area contributed by atoms with Crippen LogP contribution in [0.1, 0.15) is 47.5 Å². The quantitative estimate of drug-likeness (QED) is 0.389. The van der Waals surface area contributed by atoms with E-state index in [0.717, 1.165) is 0 Å². The van der Waals surface area contributed by atoms with Gasteiger partial charge in [-0.05, 0) is 12.0 Å². The van der Waals surface area contributed by atoms with E-state index in [-0.39, 0.29) is 18.8 Å². The van der Waals surface area contributed by atoms with Gasteiger partial charge in [-0.15, -0.1) is 0 Å². The minimum atomic E-state index is -1.79. The predicted octanol–water partition coefficient (Wildman–Crippen LogP) is 0.581. The Morgan fingerprint density at radius 3 is 2.45 bits per heavy atom. The van der Waals surface area contributed by atoms with Crippen molar-refractivity contribution < 1.29 is 34.8 Å². The zero-order valence-corrected chi connectivity index (χ0v) is 17.7. The normalized spacial score (nSPS) is 52.6. The van der Waals surface area contributed by atoms with Crippen LogP contribution < -0.4 is 0 Å². The average Bonchev–Trinajstić information content (AvgIpc) is 3.06. The van der Waals surface area contributed by atoms with Crippen LogP contribution in [-0.4, -0.2) is 61.7 Å². The SMILES string of the molecule is CC(=O)O[C@@]12[C@H](O)[C@@H](C)[C@@]3(O)[C@@H](C=C(CO)C[C@]4(O)C(=O)C(C)C[C@@H]34)[C@@H]1C2(C)C. The Hall–Kier alpha value is -1.28. The van der Waals surface area contributed by atoms with Crippen molar-refractivity contribution >= 4 is 11.8 Å². The number of ketones is 1. The summed E-state index contributed by atoms with van der Waals surface area (Å²) in [7, 11) is 0. The van der Waals surface area contributed by atoms with Gasteiger partial charge in [-0.2, -0.15) is 0 Å². The van der Waals surface area contributed by atoms with Gasteiger partial charge in [0.2, 0.25) is 0 Å². The fraction of sp³-hybridized carbons (Fsp3) is 0.818. The summed E-state index contributed by atoms with van der Waals surface area (Å²) in [6.45, 7) is 8.19. The summed E-state index contributed by atoms with van der Waals surface area (Å²) in [6.07, 6.45) is 0.882. The van der Waals surface area contributed by atoms with Gasteiger partial charge in [0.05, 0.1) is 18.3 Å². The second-order valence-electron chi connectivity index (χ2n) is 10.4. The number of rotatable bonds is 2. The summed E-state index contributed by atoms with van der Waals surface area (Å²) in [5.74, 6) is -3.76. The van der Waals surface area contributed by atoms with Gasteiger partial charge in [0.25, 0.3) is 0 Å². The van der Waals surface area contributed by atoms with Crippen molar-refractivity contribution in [3.63, 3.8) is 0 Å². The number of carbonyl (C=O) groups is 2. The largest absolute Gasteiger partial charge is 0.456 e. The summed E-state index contributed by atoms with van der Waals surface area (Å²) in [6, 6.07) is 0. The van der Waals surface area contributed by atoms with Crippen LogP contribution in [-0.2, 0) is 14.3 Å². The molecule has 7 nitrogen and oxygen atoms in total. The van der Waals surface area contributed by atoms with E-state index in [1.807, 2.05) is 13.8 Å². The Kier molecular flexibility index (Phi) is 4.27. The molecule has 0 amide bonds. The first-order valence-electron chi connectivity index (χ1n) is 10.5. The molecule has 1 unspecified atom stereocenters. The standard InChI is InChI=1S/C22H32O7/c1-10-6-15-20(27,17(10)25)8-13(9-23)7-14-16-19(4,5)22(16,29-12(3)24)18(26)11(2)21(14,15)28/h7,10-11,14-16,18,23,26-28H,6,8-9H2,1-5H3/t10?,11-,14+,15-,16-,18-,20-,21-,22-/m1/s1. The molecule has 162 valence electrons. The van der Waals surface area contributed by atoms with Crippen molar-refractivity contribution in [3.05, 3.63) is 11.6 Å². The summed E-state index contributed by atoms with van der Waals surface area (Å²) < 4.78 is 5.71. The van der Waals surface area contributed by atoms with Crippen molar-refractivity contribution in [1.82, 2.24) is 0 Å². The number of esters is 1. The Bertz CT molecular complexity index is 803. The van der Waals surface area contributed by atoms with Crippen LogP contribution in [0, 0.1) is 35.0 Å². The molecule has 3 saturated carbocycles. The van der Waals surface area contributed by atoms with Crippen molar-refractivity contribution in [2.75, 3.05) is 6.61 Å². The van der Waals surface area contributed by atoms with Crippen LogP contribution in [0.3, 0.4) is 0 Å². The number of hydrogen-bond acceptors (Lipinski definition) is 7. The summed E-state index contributed by atoms with van der Waals surface area (Å²) >= 11 is 0. The lowest BCUT2D eigenvalue weighted by atomic mass is 9.59. The molecule has 9 atom stereocenters. The molecule has 0 aromatic carbocycles. The third-order valence-electron chi connectivity index (χ3n) is 8.72. The van der Waals surface area contributed by atoms with E-state index >= 15 is 0 Å². The first-order chi connectivity index (χ1) is 13.3. The van der Waals surface area contributed by atoms with Gasteiger partial charge in [0.1, 0.15) is 11.2 Å². The molecule has 0 radical (unpaired) electrons. The van der Waals surface area contributed by atoms with Gasteiger partial charge in [-0.3, -0.25) is 9.59 Å². The predicted molar refractivity (Wildman–Crippen MR) is 102 cm³/mol. The van der Waals surface area contributed by atoms with E-state index < -0.39 is 63.9 Å². The van der Waals surface area contributed by atoms with E-state index in [1.165, 1.54) is 6.92 Å². The Balaban J connectivity index is 1.92. The van der Waals surface area contributed by atoms with Crippen molar-refractivity contribution in [2.24, 2.45) is 35.0 Å². The molecule has 0 aromatic heterocycles. The Morgan fingerprint density at radius 1 is 1.28 bits per heavy atom. The first kappa shape index (κ1) is 21.0. The van der Waals surface area contributed by atoms with Gasteiger partial charge in [0, 0.05) is 48.3 Å². The first-order valence-corrected chi connectivity index (χ1v) is 10.5. The monoisotopic (exact) mass is 408 g/mol. The Morgan fingerprint density at radius 2 is 1.90 bits per heavy atom. The smallest absolute Gasteiger partial charge is 0.303 e.